The molecule has 2 aromatic rings. The number of fused-ring (bicyclic) bond motifs is 1. The molecule has 1 heterocycles. The molecule has 0 unspecified atom stereocenters. The van der Waals surface area contributed by atoms with Gasteiger partial charge in [-0.3, -0.25) is 0 Å². The molecular formula is C11H12N2O2. The molecule has 15 heavy (non-hydrogen) atoms. The Morgan fingerprint density at radius 1 is 1.47 bits per heavy atom. The van der Waals surface area contributed by atoms with Crippen molar-refractivity contribution >= 4 is 16.8 Å². The van der Waals surface area contributed by atoms with E-state index in [-0.39, 0.29) is 0 Å². The highest BCUT2D eigenvalue weighted by atomic mass is 16.5. The molecule has 1 fully saturated rings. The average Bonchev–Trinajstić information content (AvgIpc) is 3.01. The van der Waals surface area contributed by atoms with Gasteiger partial charge in [0.25, 0.3) is 0 Å². The van der Waals surface area contributed by atoms with Crippen LogP contribution in [0.2, 0.25) is 0 Å². The van der Waals surface area contributed by atoms with Gasteiger partial charge in [0.15, 0.2) is 11.4 Å². The first-order chi connectivity index (χ1) is 7.33. The minimum atomic E-state index is 0.429. The van der Waals surface area contributed by atoms with Gasteiger partial charge in [-0.1, -0.05) is 5.16 Å². The minimum Gasteiger partial charge on any atom is -0.493 e. The van der Waals surface area contributed by atoms with E-state index in [1.807, 2.05) is 18.2 Å². The zero-order chi connectivity index (χ0) is 10.3. The lowest BCUT2D eigenvalue weighted by Gasteiger charge is -2.03. The zero-order valence-corrected chi connectivity index (χ0v) is 8.27. The van der Waals surface area contributed by atoms with E-state index in [0.29, 0.717) is 11.4 Å². The molecule has 4 nitrogen and oxygen atoms in total. The third-order valence-corrected chi connectivity index (χ3v) is 2.65. The van der Waals surface area contributed by atoms with Gasteiger partial charge in [-0.2, -0.15) is 0 Å². The van der Waals surface area contributed by atoms with Gasteiger partial charge >= 0.3 is 0 Å². The summed E-state index contributed by atoms with van der Waals surface area (Å²) in [6.07, 6.45) is 2.58. The number of nitrogen functional groups attached to an aromatic ring is 1. The Morgan fingerprint density at radius 2 is 2.33 bits per heavy atom. The molecule has 4 heteroatoms. The Morgan fingerprint density at radius 3 is 3.13 bits per heavy atom. The van der Waals surface area contributed by atoms with Gasteiger partial charge in [0.2, 0.25) is 0 Å². The molecule has 0 saturated heterocycles. The van der Waals surface area contributed by atoms with E-state index in [2.05, 4.69) is 5.16 Å². The summed E-state index contributed by atoms with van der Waals surface area (Å²) >= 11 is 0. The van der Waals surface area contributed by atoms with Crippen LogP contribution in [0.1, 0.15) is 12.8 Å². The molecule has 2 N–H and O–H groups in total. The van der Waals surface area contributed by atoms with E-state index in [0.717, 1.165) is 23.7 Å². The summed E-state index contributed by atoms with van der Waals surface area (Å²) in [6.45, 7) is 0.801. The normalized spacial score (nSPS) is 15.7. The average molecular weight is 204 g/mol. The van der Waals surface area contributed by atoms with E-state index >= 15 is 0 Å². The SMILES string of the molecule is Nc1noc2cc(OCC3CC3)ccc12. The maximum absolute atomic E-state index is 5.62. The van der Waals surface area contributed by atoms with Crippen LogP contribution in [0.5, 0.6) is 5.75 Å². The fourth-order valence-corrected chi connectivity index (χ4v) is 1.53. The van der Waals surface area contributed by atoms with E-state index < -0.39 is 0 Å². The summed E-state index contributed by atoms with van der Waals surface area (Å²) in [6, 6.07) is 5.61. The van der Waals surface area contributed by atoms with E-state index in [1.165, 1.54) is 12.8 Å². The highest BCUT2D eigenvalue weighted by molar-refractivity contribution is 5.87. The number of hydrogen-bond donors (Lipinski definition) is 1. The van der Waals surface area contributed by atoms with Crippen molar-refractivity contribution in [1.82, 2.24) is 5.16 Å². The van der Waals surface area contributed by atoms with Crippen LogP contribution in [0.25, 0.3) is 11.0 Å². The Bertz CT molecular complexity index is 488. The van der Waals surface area contributed by atoms with Crippen LogP contribution in [-0.2, 0) is 0 Å². The van der Waals surface area contributed by atoms with Crippen molar-refractivity contribution in [3.63, 3.8) is 0 Å². The smallest absolute Gasteiger partial charge is 0.174 e. The Kier molecular flexibility index (Phi) is 1.80. The van der Waals surface area contributed by atoms with E-state index in [1.54, 1.807) is 0 Å². The van der Waals surface area contributed by atoms with Gasteiger partial charge in [-0.05, 0) is 30.9 Å². The third-order valence-electron chi connectivity index (χ3n) is 2.65. The number of anilines is 1. The van der Waals surface area contributed by atoms with Crippen LogP contribution in [0.15, 0.2) is 22.7 Å². The third kappa shape index (κ3) is 1.63. The lowest BCUT2D eigenvalue weighted by atomic mass is 10.2. The van der Waals surface area contributed by atoms with E-state index in [9.17, 15) is 0 Å². The monoisotopic (exact) mass is 204 g/mol. The molecule has 0 atom stereocenters. The van der Waals surface area contributed by atoms with Crippen LogP contribution in [0.4, 0.5) is 5.82 Å². The van der Waals surface area contributed by atoms with Gasteiger partial charge in [-0.25, -0.2) is 0 Å². The fraction of sp³-hybridized carbons (Fsp3) is 0.364. The first-order valence-electron chi connectivity index (χ1n) is 5.10. The van der Waals surface area contributed by atoms with Gasteiger partial charge in [-0.15, -0.1) is 0 Å². The number of rotatable bonds is 3. The fourth-order valence-electron chi connectivity index (χ4n) is 1.53. The summed E-state index contributed by atoms with van der Waals surface area (Å²) < 4.78 is 10.7. The molecule has 0 bridgehead atoms. The Labute approximate surface area is 87.0 Å². The van der Waals surface area contributed by atoms with Crippen LogP contribution < -0.4 is 10.5 Å². The molecule has 78 valence electrons. The molecule has 1 aromatic heterocycles. The maximum Gasteiger partial charge on any atom is 0.174 e. The molecule has 1 saturated carbocycles. The first-order valence-corrected chi connectivity index (χ1v) is 5.10. The second-order valence-electron chi connectivity index (χ2n) is 3.98. The number of benzene rings is 1. The first kappa shape index (κ1) is 8.59. The standard InChI is InChI=1S/C11H12N2O2/c12-11-9-4-3-8(5-10(9)15-13-11)14-6-7-1-2-7/h3-5,7H,1-2,6H2,(H2,12,13). The highest BCUT2D eigenvalue weighted by Crippen LogP contribution is 2.30. The summed E-state index contributed by atoms with van der Waals surface area (Å²) in [5, 5.41) is 4.53. The molecule has 0 radical (unpaired) electrons. The molecule has 1 aliphatic rings. The lowest BCUT2D eigenvalue weighted by Crippen LogP contribution is -1.98. The largest absolute Gasteiger partial charge is 0.493 e. The quantitative estimate of drug-likeness (QED) is 0.832. The summed E-state index contributed by atoms with van der Waals surface area (Å²) in [5.74, 6) is 2.00. The van der Waals surface area contributed by atoms with Crippen molar-refractivity contribution < 1.29 is 9.26 Å². The molecular weight excluding hydrogens is 192 g/mol. The van der Waals surface area contributed by atoms with Crippen molar-refractivity contribution in [3.8, 4) is 5.75 Å². The predicted molar refractivity (Wildman–Crippen MR) is 56.6 cm³/mol. The number of nitrogens with two attached hydrogens (primary N) is 1. The van der Waals surface area contributed by atoms with Crippen molar-refractivity contribution in [2.24, 2.45) is 5.92 Å². The molecule has 0 aliphatic heterocycles. The van der Waals surface area contributed by atoms with Crippen molar-refractivity contribution in [3.05, 3.63) is 18.2 Å². The maximum atomic E-state index is 5.62. The topological polar surface area (TPSA) is 61.3 Å². The number of nitrogens with zero attached hydrogens (tertiary/aromatic N) is 1. The molecule has 0 amide bonds. The zero-order valence-electron chi connectivity index (χ0n) is 8.27. The van der Waals surface area contributed by atoms with Crippen molar-refractivity contribution in [1.29, 1.82) is 0 Å². The second-order valence-corrected chi connectivity index (χ2v) is 3.98. The number of hydrogen-bond acceptors (Lipinski definition) is 4. The number of ether oxygens (including phenoxy) is 1. The molecule has 0 spiro atoms. The minimum absolute atomic E-state index is 0.429. The van der Waals surface area contributed by atoms with Crippen LogP contribution >= 0.6 is 0 Å². The van der Waals surface area contributed by atoms with Gasteiger partial charge in [0, 0.05) is 6.07 Å². The lowest BCUT2D eigenvalue weighted by molar-refractivity contribution is 0.299. The van der Waals surface area contributed by atoms with Crippen LogP contribution in [-0.4, -0.2) is 11.8 Å². The summed E-state index contributed by atoms with van der Waals surface area (Å²) in [4.78, 5) is 0. The Balaban J connectivity index is 1.85. The Hall–Kier alpha value is -1.71. The second kappa shape index (κ2) is 3.15. The van der Waals surface area contributed by atoms with Crippen molar-refractivity contribution in [2.75, 3.05) is 12.3 Å². The van der Waals surface area contributed by atoms with Gasteiger partial charge in [0.1, 0.15) is 5.75 Å². The predicted octanol–water partition coefficient (Wildman–Crippen LogP) is 2.20. The molecule has 3 rings (SSSR count). The molecule has 1 aromatic carbocycles. The van der Waals surface area contributed by atoms with Crippen LogP contribution in [0, 0.1) is 5.92 Å². The summed E-state index contributed by atoms with van der Waals surface area (Å²) in [5.41, 5.74) is 6.29. The van der Waals surface area contributed by atoms with E-state index in [4.69, 9.17) is 15.0 Å². The highest BCUT2D eigenvalue weighted by Gasteiger charge is 2.22. The van der Waals surface area contributed by atoms with Gasteiger partial charge in [0.05, 0.1) is 12.0 Å². The molecule has 1 aliphatic carbocycles. The van der Waals surface area contributed by atoms with Crippen LogP contribution in [0.3, 0.4) is 0 Å². The number of aromatic nitrogens is 1. The van der Waals surface area contributed by atoms with Gasteiger partial charge < -0.3 is 15.0 Å². The summed E-state index contributed by atoms with van der Waals surface area (Å²) in [7, 11) is 0. The van der Waals surface area contributed by atoms with Crippen molar-refractivity contribution in [2.45, 2.75) is 12.8 Å².